The van der Waals surface area contributed by atoms with Gasteiger partial charge >= 0.3 is 0 Å². The molecule has 4 nitrogen and oxygen atoms in total. The molecule has 0 saturated carbocycles. The van der Waals surface area contributed by atoms with Crippen LogP contribution in [0, 0.1) is 0 Å². The normalized spacial score (nSPS) is 13.2. The van der Waals surface area contributed by atoms with Crippen LogP contribution in [0.15, 0.2) is 36.4 Å². The molecule has 0 spiro atoms. The first kappa shape index (κ1) is 12.7. The zero-order valence-electron chi connectivity index (χ0n) is 11.7. The highest BCUT2D eigenvalue weighted by molar-refractivity contribution is 5.73. The van der Waals surface area contributed by atoms with E-state index >= 15 is 0 Å². The molecule has 0 atom stereocenters. The highest BCUT2D eigenvalue weighted by atomic mass is 16.5. The van der Waals surface area contributed by atoms with Crippen molar-refractivity contribution in [1.29, 1.82) is 0 Å². The fraction of sp³-hybridized carbons (Fsp3) is 0.250. The van der Waals surface area contributed by atoms with Gasteiger partial charge in [-0.25, -0.2) is 0 Å². The molecule has 20 heavy (non-hydrogen) atoms. The van der Waals surface area contributed by atoms with Gasteiger partial charge in [0.1, 0.15) is 0 Å². The summed E-state index contributed by atoms with van der Waals surface area (Å²) in [6.07, 6.45) is 1.00. The van der Waals surface area contributed by atoms with Crippen LogP contribution in [-0.2, 0) is 6.42 Å². The fourth-order valence-electron chi connectivity index (χ4n) is 2.64. The highest BCUT2D eigenvalue weighted by Crippen LogP contribution is 2.41. The van der Waals surface area contributed by atoms with Crippen LogP contribution in [0.2, 0.25) is 0 Å². The maximum atomic E-state index is 5.75. The van der Waals surface area contributed by atoms with Crippen molar-refractivity contribution in [3.8, 4) is 11.5 Å². The van der Waals surface area contributed by atoms with E-state index in [0.29, 0.717) is 0 Å². The van der Waals surface area contributed by atoms with Gasteiger partial charge in [-0.05, 0) is 42.3 Å². The summed E-state index contributed by atoms with van der Waals surface area (Å²) in [6, 6.07) is 12.0. The lowest BCUT2D eigenvalue weighted by Crippen LogP contribution is -2.13. The number of fused-ring (bicyclic) bond motifs is 1. The molecule has 1 heterocycles. The van der Waals surface area contributed by atoms with E-state index in [1.807, 2.05) is 30.3 Å². The molecule has 1 aliphatic rings. The first-order chi connectivity index (χ1) is 9.72. The lowest BCUT2D eigenvalue weighted by Gasteiger charge is -2.20. The van der Waals surface area contributed by atoms with E-state index < -0.39 is 0 Å². The van der Waals surface area contributed by atoms with E-state index in [1.165, 1.54) is 11.3 Å². The Labute approximate surface area is 118 Å². The number of hydrogen-bond acceptors (Lipinski definition) is 4. The van der Waals surface area contributed by atoms with E-state index in [4.69, 9.17) is 15.2 Å². The van der Waals surface area contributed by atoms with Crippen LogP contribution in [0.5, 0.6) is 11.5 Å². The van der Waals surface area contributed by atoms with Gasteiger partial charge < -0.3 is 20.1 Å². The number of nitrogen functional groups attached to an aromatic ring is 1. The third-order valence-electron chi connectivity index (χ3n) is 3.69. The van der Waals surface area contributed by atoms with Crippen molar-refractivity contribution in [2.24, 2.45) is 0 Å². The molecule has 0 saturated heterocycles. The standard InChI is InChI=1S/C16H18N2O2/c1-19-15-9-11-7-8-18(14(11)10-16(15)20-2)13-5-3-12(17)4-6-13/h3-6,9-10H,7-8,17H2,1-2H3. The molecule has 0 radical (unpaired) electrons. The summed E-state index contributed by atoms with van der Waals surface area (Å²) in [7, 11) is 3.32. The lowest BCUT2D eigenvalue weighted by atomic mass is 10.1. The van der Waals surface area contributed by atoms with Crippen LogP contribution in [0.3, 0.4) is 0 Å². The summed E-state index contributed by atoms with van der Waals surface area (Å²) >= 11 is 0. The van der Waals surface area contributed by atoms with Crippen molar-refractivity contribution in [1.82, 2.24) is 0 Å². The van der Waals surface area contributed by atoms with Crippen LogP contribution in [-0.4, -0.2) is 20.8 Å². The molecule has 0 aliphatic carbocycles. The van der Waals surface area contributed by atoms with Crippen molar-refractivity contribution in [2.75, 3.05) is 31.4 Å². The third kappa shape index (κ3) is 2.03. The number of rotatable bonds is 3. The Morgan fingerprint density at radius 1 is 1.00 bits per heavy atom. The molecule has 0 bridgehead atoms. The number of ether oxygens (including phenoxy) is 2. The first-order valence-corrected chi connectivity index (χ1v) is 6.61. The first-order valence-electron chi connectivity index (χ1n) is 6.61. The van der Waals surface area contributed by atoms with Crippen molar-refractivity contribution in [3.63, 3.8) is 0 Å². The predicted octanol–water partition coefficient (Wildman–Crippen LogP) is 2.98. The van der Waals surface area contributed by atoms with Gasteiger partial charge in [0.2, 0.25) is 0 Å². The zero-order valence-corrected chi connectivity index (χ0v) is 11.7. The summed E-state index contributed by atoms with van der Waals surface area (Å²) in [5.41, 5.74) is 10.1. The highest BCUT2D eigenvalue weighted by Gasteiger charge is 2.23. The molecule has 3 rings (SSSR count). The number of hydrogen-bond donors (Lipinski definition) is 1. The average molecular weight is 270 g/mol. The summed E-state index contributed by atoms with van der Waals surface area (Å²) in [4.78, 5) is 2.27. The topological polar surface area (TPSA) is 47.7 Å². The minimum absolute atomic E-state index is 0.758. The third-order valence-corrected chi connectivity index (χ3v) is 3.69. The largest absolute Gasteiger partial charge is 0.493 e. The van der Waals surface area contributed by atoms with Crippen molar-refractivity contribution < 1.29 is 9.47 Å². The number of anilines is 3. The number of nitrogens with zero attached hydrogens (tertiary/aromatic N) is 1. The number of benzene rings is 2. The Bertz CT molecular complexity index is 623. The molecular formula is C16H18N2O2. The van der Waals surface area contributed by atoms with Crippen LogP contribution >= 0.6 is 0 Å². The molecule has 2 N–H and O–H groups in total. The molecule has 104 valence electrons. The Hall–Kier alpha value is -2.36. The second kappa shape index (κ2) is 4.96. The maximum absolute atomic E-state index is 5.75. The monoisotopic (exact) mass is 270 g/mol. The van der Waals surface area contributed by atoms with Gasteiger partial charge in [0, 0.05) is 29.7 Å². The molecule has 0 fully saturated rings. The summed E-state index contributed by atoms with van der Waals surface area (Å²) < 4.78 is 10.8. The van der Waals surface area contributed by atoms with Crippen LogP contribution in [0.25, 0.3) is 0 Å². The molecule has 0 amide bonds. The minimum Gasteiger partial charge on any atom is -0.493 e. The smallest absolute Gasteiger partial charge is 0.162 e. The molecule has 0 aromatic heterocycles. The predicted molar refractivity (Wildman–Crippen MR) is 81.1 cm³/mol. The molecule has 1 aliphatic heterocycles. The Kier molecular flexibility index (Phi) is 3.14. The van der Waals surface area contributed by atoms with E-state index in [9.17, 15) is 0 Å². The van der Waals surface area contributed by atoms with E-state index in [1.54, 1.807) is 14.2 Å². The second-order valence-electron chi connectivity index (χ2n) is 4.83. The van der Waals surface area contributed by atoms with E-state index in [0.717, 1.165) is 35.8 Å². The Balaban J connectivity index is 2.03. The SMILES string of the molecule is COc1cc2c(cc1OC)N(c1ccc(N)cc1)CC2. The number of nitrogens with two attached hydrogens (primary N) is 1. The zero-order chi connectivity index (χ0) is 14.1. The average Bonchev–Trinajstić information content (AvgIpc) is 2.89. The van der Waals surface area contributed by atoms with Gasteiger partial charge in [-0.1, -0.05) is 0 Å². The van der Waals surface area contributed by atoms with Crippen molar-refractivity contribution in [3.05, 3.63) is 42.0 Å². The van der Waals surface area contributed by atoms with E-state index in [2.05, 4.69) is 11.0 Å². The number of methoxy groups -OCH3 is 2. The van der Waals surface area contributed by atoms with Gasteiger partial charge in [-0.3, -0.25) is 0 Å². The summed E-state index contributed by atoms with van der Waals surface area (Å²) in [6.45, 7) is 0.954. The Morgan fingerprint density at radius 3 is 2.30 bits per heavy atom. The summed E-state index contributed by atoms with van der Waals surface area (Å²) in [5.74, 6) is 1.54. The second-order valence-corrected chi connectivity index (χ2v) is 4.83. The minimum atomic E-state index is 0.758. The van der Waals surface area contributed by atoms with Gasteiger partial charge in [0.15, 0.2) is 11.5 Å². The van der Waals surface area contributed by atoms with Crippen LogP contribution in [0.4, 0.5) is 17.1 Å². The van der Waals surface area contributed by atoms with Gasteiger partial charge in [-0.15, -0.1) is 0 Å². The van der Waals surface area contributed by atoms with Gasteiger partial charge in [0.05, 0.1) is 14.2 Å². The summed E-state index contributed by atoms with van der Waals surface area (Å²) in [5, 5.41) is 0. The molecule has 2 aromatic rings. The molecule has 2 aromatic carbocycles. The van der Waals surface area contributed by atoms with Crippen molar-refractivity contribution >= 4 is 17.1 Å². The van der Waals surface area contributed by atoms with Crippen LogP contribution < -0.4 is 20.1 Å². The lowest BCUT2D eigenvalue weighted by molar-refractivity contribution is 0.355. The molecule has 0 unspecified atom stereocenters. The Morgan fingerprint density at radius 2 is 1.65 bits per heavy atom. The van der Waals surface area contributed by atoms with Gasteiger partial charge in [0.25, 0.3) is 0 Å². The van der Waals surface area contributed by atoms with Crippen molar-refractivity contribution in [2.45, 2.75) is 6.42 Å². The molecular weight excluding hydrogens is 252 g/mol. The maximum Gasteiger partial charge on any atom is 0.162 e. The van der Waals surface area contributed by atoms with E-state index in [-0.39, 0.29) is 0 Å². The fourth-order valence-corrected chi connectivity index (χ4v) is 2.64. The molecule has 4 heteroatoms. The van der Waals surface area contributed by atoms with Crippen LogP contribution in [0.1, 0.15) is 5.56 Å². The quantitative estimate of drug-likeness (QED) is 0.871. The van der Waals surface area contributed by atoms with Gasteiger partial charge in [-0.2, -0.15) is 0 Å².